The Morgan fingerprint density at radius 3 is 2.48 bits per heavy atom. The van der Waals surface area contributed by atoms with Crippen LogP contribution in [-0.4, -0.2) is 30.8 Å². The number of aromatic hydroxyl groups is 1. The number of phenols is 1. The van der Waals surface area contributed by atoms with E-state index in [2.05, 4.69) is 10.3 Å². The fourth-order valence-electron chi connectivity index (χ4n) is 3.26. The summed E-state index contributed by atoms with van der Waals surface area (Å²) in [5, 5.41) is 29.1. The van der Waals surface area contributed by atoms with Gasteiger partial charge in [-0.05, 0) is 23.3 Å². The molecule has 0 unspecified atom stereocenters. The van der Waals surface area contributed by atoms with E-state index >= 15 is 0 Å². The number of ether oxygens (including phenoxy) is 1. The van der Waals surface area contributed by atoms with Crippen LogP contribution in [0.25, 0.3) is 0 Å². The molecule has 0 radical (unpaired) electrons. The topological polar surface area (TPSA) is 120 Å². The molecule has 0 aliphatic carbocycles. The molecule has 0 saturated heterocycles. The highest BCUT2D eigenvalue weighted by atomic mass is 16.6. The van der Waals surface area contributed by atoms with Crippen LogP contribution in [-0.2, 0) is 19.6 Å². The number of carbonyl (C=O) groups excluding carboxylic acids is 1. The van der Waals surface area contributed by atoms with Crippen molar-refractivity contribution in [1.29, 1.82) is 0 Å². The van der Waals surface area contributed by atoms with Gasteiger partial charge in [0.05, 0.1) is 23.2 Å². The van der Waals surface area contributed by atoms with Gasteiger partial charge in [0.1, 0.15) is 23.8 Å². The molecule has 0 saturated carbocycles. The number of benzene rings is 3. The molecule has 4 aromatic rings. The van der Waals surface area contributed by atoms with Crippen molar-refractivity contribution in [1.82, 2.24) is 15.0 Å². The van der Waals surface area contributed by atoms with Crippen molar-refractivity contribution in [2.45, 2.75) is 19.6 Å². The lowest BCUT2D eigenvalue weighted by Crippen LogP contribution is -2.04. The molecule has 1 heterocycles. The lowest BCUT2D eigenvalue weighted by Gasteiger charge is -2.08. The lowest BCUT2D eigenvalue weighted by molar-refractivity contribution is -0.384. The fourth-order valence-corrected chi connectivity index (χ4v) is 3.26. The molecule has 4 rings (SSSR count). The molecular formula is C24H20N4O5. The molecule has 9 heteroatoms. The van der Waals surface area contributed by atoms with Crippen LogP contribution >= 0.6 is 0 Å². The van der Waals surface area contributed by atoms with E-state index in [4.69, 9.17) is 4.74 Å². The molecular weight excluding hydrogens is 424 g/mol. The maximum atomic E-state index is 12.5. The molecule has 9 nitrogen and oxygen atoms in total. The quantitative estimate of drug-likeness (QED) is 0.236. The zero-order valence-corrected chi connectivity index (χ0v) is 17.5. The first-order valence-corrected chi connectivity index (χ1v) is 10.1. The van der Waals surface area contributed by atoms with Gasteiger partial charge in [0.2, 0.25) is 0 Å². The average molecular weight is 444 g/mol. The Labute approximate surface area is 189 Å². The van der Waals surface area contributed by atoms with Gasteiger partial charge in [-0.25, -0.2) is 4.68 Å². The maximum absolute atomic E-state index is 12.5. The molecule has 0 amide bonds. The number of nitrogens with zero attached hydrogens (tertiary/aromatic N) is 4. The first-order valence-electron chi connectivity index (χ1n) is 10.1. The number of phenolic OH excluding ortho intramolecular Hbond substituents is 1. The molecule has 1 N–H and O–H groups in total. The van der Waals surface area contributed by atoms with Gasteiger partial charge >= 0.3 is 0 Å². The summed E-state index contributed by atoms with van der Waals surface area (Å²) >= 11 is 0. The van der Waals surface area contributed by atoms with E-state index in [0.29, 0.717) is 18.0 Å². The molecule has 33 heavy (non-hydrogen) atoms. The summed E-state index contributed by atoms with van der Waals surface area (Å²) in [6, 6.07) is 20.1. The number of rotatable bonds is 9. The fraction of sp³-hybridized carbons (Fsp3) is 0.125. The van der Waals surface area contributed by atoms with Gasteiger partial charge in [-0.2, -0.15) is 0 Å². The Bertz CT molecular complexity index is 1270. The third kappa shape index (κ3) is 5.59. The molecule has 3 aromatic carbocycles. The Hall–Kier alpha value is -4.53. The van der Waals surface area contributed by atoms with E-state index in [1.807, 2.05) is 30.3 Å². The molecule has 1 aromatic heterocycles. The van der Waals surface area contributed by atoms with Gasteiger partial charge in [-0.1, -0.05) is 47.7 Å². The summed E-state index contributed by atoms with van der Waals surface area (Å²) in [4.78, 5) is 22.8. The minimum atomic E-state index is -0.446. The van der Waals surface area contributed by atoms with Crippen LogP contribution in [0.5, 0.6) is 11.5 Å². The van der Waals surface area contributed by atoms with Crippen molar-refractivity contribution < 1.29 is 19.6 Å². The Morgan fingerprint density at radius 2 is 1.79 bits per heavy atom. The van der Waals surface area contributed by atoms with Crippen molar-refractivity contribution in [2.24, 2.45) is 0 Å². The number of Topliss-reactive ketones (excluding diaryl/α,β-unsaturated/α-hetero) is 1. The van der Waals surface area contributed by atoms with E-state index in [-0.39, 0.29) is 35.8 Å². The summed E-state index contributed by atoms with van der Waals surface area (Å²) in [6.45, 7) is 0.529. The number of ketones is 1. The van der Waals surface area contributed by atoms with Crippen LogP contribution < -0.4 is 4.74 Å². The van der Waals surface area contributed by atoms with Gasteiger partial charge in [-0.3, -0.25) is 14.9 Å². The second-order valence-electron chi connectivity index (χ2n) is 7.38. The molecule has 0 atom stereocenters. The first-order chi connectivity index (χ1) is 16.0. The van der Waals surface area contributed by atoms with Crippen LogP contribution in [0.15, 0.2) is 79.0 Å². The number of nitro groups is 1. The zero-order valence-electron chi connectivity index (χ0n) is 17.5. The zero-order chi connectivity index (χ0) is 23.2. The highest BCUT2D eigenvalue weighted by molar-refractivity contribution is 6.00. The summed E-state index contributed by atoms with van der Waals surface area (Å²) in [7, 11) is 0. The minimum absolute atomic E-state index is 0.0301. The van der Waals surface area contributed by atoms with E-state index in [1.54, 1.807) is 35.1 Å². The normalized spacial score (nSPS) is 10.7. The number of carbonyl (C=O) groups is 1. The average Bonchev–Trinajstić information content (AvgIpc) is 3.26. The smallest absolute Gasteiger partial charge is 0.269 e. The number of hydrogen-bond acceptors (Lipinski definition) is 7. The predicted molar refractivity (Wildman–Crippen MR) is 119 cm³/mol. The van der Waals surface area contributed by atoms with Gasteiger partial charge in [0.25, 0.3) is 5.69 Å². The molecule has 0 spiro atoms. The molecule has 0 bridgehead atoms. The van der Waals surface area contributed by atoms with Crippen molar-refractivity contribution >= 4 is 11.5 Å². The maximum Gasteiger partial charge on any atom is 0.269 e. The van der Waals surface area contributed by atoms with E-state index in [0.717, 1.165) is 11.1 Å². The molecule has 0 fully saturated rings. The summed E-state index contributed by atoms with van der Waals surface area (Å²) in [5.74, 6) is 0.0726. The van der Waals surface area contributed by atoms with Crippen molar-refractivity contribution in [2.75, 3.05) is 0 Å². The Morgan fingerprint density at radius 1 is 1.03 bits per heavy atom. The second kappa shape index (κ2) is 9.73. The van der Waals surface area contributed by atoms with Crippen molar-refractivity contribution in [3.8, 4) is 11.5 Å². The predicted octanol–water partition coefficient (Wildman–Crippen LogP) is 3.94. The van der Waals surface area contributed by atoms with E-state index < -0.39 is 4.92 Å². The van der Waals surface area contributed by atoms with Gasteiger partial charge in [0, 0.05) is 24.6 Å². The summed E-state index contributed by atoms with van der Waals surface area (Å²) in [5.41, 5.74) is 2.56. The van der Waals surface area contributed by atoms with Crippen molar-refractivity contribution in [3.05, 3.63) is 111 Å². The highest BCUT2D eigenvalue weighted by Gasteiger charge is 2.13. The standard InChI is InChI=1S/C24H20N4O5/c29-23(12-17-4-2-1-3-5-17)22-11-10-21(13-24(22)30)33-16-19-15-27(26-25-19)14-18-6-8-20(9-7-18)28(31)32/h1-11,13,15,30H,12,14,16H2. The van der Waals surface area contributed by atoms with E-state index in [1.165, 1.54) is 18.2 Å². The lowest BCUT2D eigenvalue weighted by atomic mass is 10.0. The van der Waals surface area contributed by atoms with Gasteiger partial charge < -0.3 is 9.84 Å². The van der Waals surface area contributed by atoms with Crippen LogP contribution in [0.3, 0.4) is 0 Å². The Balaban J connectivity index is 1.34. The Kier molecular flexibility index (Phi) is 6.40. The third-order valence-electron chi connectivity index (χ3n) is 4.94. The van der Waals surface area contributed by atoms with Crippen LogP contribution in [0, 0.1) is 10.1 Å². The molecule has 0 aliphatic rings. The summed E-state index contributed by atoms with van der Waals surface area (Å²) in [6.07, 6.45) is 1.91. The largest absolute Gasteiger partial charge is 0.507 e. The number of hydrogen-bond donors (Lipinski definition) is 1. The van der Waals surface area contributed by atoms with Gasteiger partial charge in [0.15, 0.2) is 5.78 Å². The second-order valence-corrected chi connectivity index (χ2v) is 7.38. The summed E-state index contributed by atoms with van der Waals surface area (Å²) < 4.78 is 7.27. The highest BCUT2D eigenvalue weighted by Crippen LogP contribution is 2.25. The van der Waals surface area contributed by atoms with Crippen molar-refractivity contribution in [3.63, 3.8) is 0 Å². The number of nitro benzene ring substituents is 1. The third-order valence-corrected chi connectivity index (χ3v) is 4.94. The van der Waals surface area contributed by atoms with E-state index in [9.17, 15) is 20.0 Å². The van der Waals surface area contributed by atoms with Gasteiger partial charge in [-0.15, -0.1) is 5.10 Å². The number of non-ortho nitro benzene ring substituents is 1. The minimum Gasteiger partial charge on any atom is -0.507 e. The van der Waals surface area contributed by atoms with Crippen LogP contribution in [0.2, 0.25) is 0 Å². The first kappa shape index (κ1) is 21.7. The van der Waals surface area contributed by atoms with Crippen LogP contribution in [0.4, 0.5) is 5.69 Å². The molecule has 0 aliphatic heterocycles. The number of aromatic nitrogens is 3. The monoisotopic (exact) mass is 444 g/mol. The molecule has 166 valence electrons. The SMILES string of the molecule is O=C(Cc1ccccc1)c1ccc(OCc2cn(Cc3ccc([N+](=O)[O-])cc3)nn2)cc1O. The van der Waals surface area contributed by atoms with Crippen LogP contribution in [0.1, 0.15) is 27.2 Å².